The van der Waals surface area contributed by atoms with Crippen LogP contribution in [-0.4, -0.2) is 47.4 Å². The molecule has 1 aromatic carbocycles. The number of hydrogen-bond donors (Lipinski definition) is 1. The monoisotopic (exact) mass is 335 g/mol. The van der Waals surface area contributed by atoms with Crippen molar-refractivity contribution in [3.8, 4) is 11.4 Å². The van der Waals surface area contributed by atoms with E-state index in [0.717, 1.165) is 33.7 Å². The molecule has 1 N–H and O–H groups in total. The maximum Gasteiger partial charge on any atom is 0.204 e. The maximum atomic E-state index is 4.47. The second-order valence-electron chi connectivity index (χ2n) is 5.90. The molecule has 0 bridgehead atoms. The topological polar surface area (TPSA) is 101 Å². The van der Waals surface area contributed by atoms with Gasteiger partial charge in [-0.05, 0) is 23.8 Å². The highest BCUT2D eigenvalue weighted by molar-refractivity contribution is 5.89. The highest BCUT2D eigenvalue weighted by atomic mass is 15.5. The van der Waals surface area contributed by atoms with Gasteiger partial charge < -0.3 is 4.90 Å². The van der Waals surface area contributed by atoms with Gasteiger partial charge in [-0.25, -0.2) is 9.97 Å². The molecule has 9 nitrogen and oxygen atoms in total. The molecule has 0 fully saturated rings. The van der Waals surface area contributed by atoms with Gasteiger partial charge in [0.05, 0.1) is 11.1 Å². The minimum atomic E-state index is 0.581. The smallest absolute Gasteiger partial charge is 0.204 e. The van der Waals surface area contributed by atoms with E-state index < -0.39 is 0 Å². The Labute approximate surface area is 143 Å². The number of aryl methyl sites for hydroxylation is 2. The Morgan fingerprint density at radius 1 is 1.24 bits per heavy atom. The van der Waals surface area contributed by atoms with Crippen LogP contribution in [0.3, 0.4) is 0 Å². The number of hydrogen-bond acceptors (Lipinski definition) is 7. The molecule has 9 heteroatoms. The number of nitrogens with one attached hydrogen (secondary N) is 1. The Hall–Kier alpha value is -3.36. The summed E-state index contributed by atoms with van der Waals surface area (Å²) >= 11 is 0. The number of aromatic nitrogens is 8. The predicted octanol–water partition coefficient (Wildman–Crippen LogP) is 1.49. The lowest BCUT2D eigenvalue weighted by molar-refractivity contribution is 0.773. The molecule has 3 aromatic heterocycles. The summed E-state index contributed by atoms with van der Waals surface area (Å²) in [6.07, 6.45) is 1.57. The lowest BCUT2D eigenvalue weighted by Crippen LogP contribution is -2.18. The van der Waals surface area contributed by atoms with Gasteiger partial charge in [0.1, 0.15) is 12.1 Å². The Morgan fingerprint density at radius 2 is 2.12 bits per heavy atom. The number of fused-ring (bicyclic) bond motifs is 1. The first-order valence-electron chi connectivity index (χ1n) is 7.81. The molecule has 0 saturated heterocycles. The number of nitrogens with zero attached hydrogens (tertiary/aromatic N) is 8. The summed E-state index contributed by atoms with van der Waals surface area (Å²) in [7, 11) is 3.90. The van der Waals surface area contributed by atoms with E-state index in [1.807, 2.05) is 33.2 Å². The van der Waals surface area contributed by atoms with Crippen LogP contribution in [0.2, 0.25) is 0 Å². The van der Waals surface area contributed by atoms with Gasteiger partial charge in [0.2, 0.25) is 5.82 Å². The molecular weight excluding hydrogens is 318 g/mol. The fourth-order valence-electron chi connectivity index (χ4n) is 2.99. The van der Waals surface area contributed by atoms with Gasteiger partial charge >= 0.3 is 0 Å². The second-order valence-corrected chi connectivity index (χ2v) is 5.90. The van der Waals surface area contributed by atoms with Crippen molar-refractivity contribution in [1.29, 1.82) is 0 Å². The molecule has 0 aliphatic heterocycles. The predicted molar refractivity (Wildman–Crippen MR) is 92.8 cm³/mol. The molecule has 126 valence electrons. The molecule has 25 heavy (non-hydrogen) atoms. The number of anilines is 1. The average Bonchev–Trinajstić information content (AvgIpc) is 3.24. The highest BCUT2D eigenvalue weighted by Gasteiger charge is 2.15. The molecule has 3 heterocycles. The van der Waals surface area contributed by atoms with Crippen LogP contribution in [0.5, 0.6) is 0 Å². The van der Waals surface area contributed by atoms with Crippen LogP contribution in [0.4, 0.5) is 5.82 Å². The van der Waals surface area contributed by atoms with Crippen molar-refractivity contribution in [2.24, 2.45) is 7.05 Å². The minimum Gasteiger partial charge on any atom is -0.355 e. The molecule has 0 saturated carbocycles. The summed E-state index contributed by atoms with van der Waals surface area (Å²) in [4.78, 5) is 10.9. The maximum absolute atomic E-state index is 4.47. The molecule has 0 radical (unpaired) electrons. The van der Waals surface area contributed by atoms with E-state index >= 15 is 0 Å². The first kappa shape index (κ1) is 15.2. The van der Waals surface area contributed by atoms with Crippen molar-refractivity contribution in [2.75, 3.05) is 11.9 Å². The van der Waals surface area contributed by atoms with E-state index in [-0.39, 0.29) is 0 Å². The first-order chi connectivity index (χ1) is 12.1. The van der Waals surface area contributed by atoms with Crippen LogP contribution in [0.1, 0.15) is 11.3 Å². The average molecular weight is 335 g/mol. The van der Waals surface area contributed by atoms with Gasteiger partial charge in [-0.15, -0.1) is 10.2 Å². The summed E-state index contributed by atoms with van der Waals surface area (Å²) < 4.78 is 1.78. The van der Waals surface area contributed by atoms with Gasteiger partial charge in [-0.1, -0.05) is 18.2 Å². The van der Waals surface area contributed by atoms with Crippen LogP contribution in [0.25, 0.3) is 22.4 Å². The van der Waals surface area contributed by atoms with Crippen LogP contribution >= 0.6 is 0 Å². The van der Waals surface area contributed by atoms with E-state index in [9.17, 15) is 0 Å². The van der Waals surface area contributed by atoms with Gasteiger partial charge in [-0.3, -0.25) is 4.68 Å². The normalized spacial score (nSPS) is 11.2. The standard InChI is InChI=1S/C16H17N9/c1-10-13-15(17-9-18-16(13)25(3)21-10)24(2)8-11-5-4-6-12(7-11)14-19-22-23-20-14/h4-7,9H,8H2,1-3H3,(H,19,20,22,23). The fourth-order valence-corrected chi connectivity index (χ4v) is 2.99. The number of H-pyrrole nitrogens is 1. The zero-order valence-electron chi connectivity index (χ0n) is 14.2. The summed E-state index contributed by atoms with van der Waals surface area (Å²) in [5.41, 5.74) is 3.79. The summed E-state index contributed by atoms with van der Waals surface area (Å²) in [5.74, 6) is 1.44. The molecule has 0 amide bonds. The summed E-state index contributed by atoms with van der Waals surface area (Å²) in [6.45, 7) is 2.66. The number of aromatic amines is 1. The molecule has 0 aliphatic carbocycles. The van der Waals surface area contributed by atoms with Crippen LogP contribution in [0, 0.1) is 6.92 Å². The Balaban J connectivity index is 1.67. The van der Waals surface area contributed by atoms with Crippen molar-refractivity contribution >= 4 is 16.9 Å². The van der Waals surface area contributed by atoms with E-state index in [0.29, 0.717) is 12.4 Å². The third-order valence-electron chi connectivity index (χ3n) is 4.09. The molecular formula is C16H17N9. The lowest BCUT2D eigenvalue weighted by Gasteiger charge is -2.19. The van der Waals surface area contributed by atoms with Crippen molar-refractivity contribution < 1.29 is 0 Å². The van der Waals surface area contributed by atoms with Crippen molar-refractivity contribution in [3.63, 3.8) is 0 Å². The molecule has 4 aromatic rings. The van der Waals surface area contributed by atoms with Crippen molar-refractivity contribution in [2.45, 2.75) is 13.5 Å². The Morgan fingerprint density at radius 3 is 2.92 bits per heavy atom. The third kappa shape index (κ3) is 2.69. The Bertz CT molecular complexity index is 1020. The number of rotatable bonds is 4. The van der Waals surface area contributed by atoms with Gasteiger partial charge in [0, 0.05) is 26.2 Å². The zero-order chi connectivity index (χ0) is 17.4. The number of tetrazole rings is 1. The first-order valence-corrected chi connectivity index (χ1v) is 7.81. The summed E-state index contributed by atoms with van der Waals surface area (Å²) in [6, 6.07) is 8.06. The molecule has 4 rings (SSSR count). The van der Waals surface area contributed by atoms with Crippen molar-refractivity contribution in [3.05, 3.63) is 41.9 Å². The lowest BCUT2D eigenvalue weighted by atomic mass is 10.1. The quantitative estimate of drug-likeness (QED) is 0.603. The Kier molecular flexibility index (Phi) is 3.60. The van der Waals surface area contributed by atoms with E-state index in [1.165, 1.54) is 0 Å². The third-order valence-corrected chi connectivity index (χ3v) is 4.09. The van der Waals surface area contributed by atoms with E-state index in [1.54, 1.807) is 11.0 Å². The number of benzene rings is 1. The highest BCUT2D eigenvalue weighted by Crippen LogP contribution is 2.26. The van der Waals surface area contributed by atoms with Gasteiger partial charge in [-0.2, -0.15) is 10.3 Å². The van der Waals surface area contributed by atoms with E-state index in [4.69, 9.17) is 0 Å². The van der Waals surface area contributed by atoms with Crippen LogP contribution in [0.15, 0.2) is 30.6 Å². The van der Waals surface area contributed by atoms with Crippen molar-refractivity contribution in [1.82, 2.24) is 40.4 Å². The van der Waals surface area contributed by atoms with Crippen LogP contribution in [-0.2, 0) is 13.6 Å². The van der Waals surface area contributed by atoms with Crippen LogP contribution < -0.4 is 4.90 Å². The molecule has 0 spiro atoms. The fraction of sp³-hybridized carbons (Fsp3) is 0.250. The SMILES string of the molecule is Cc1nn(C)c2ncnc(N(C)Cc3cccc(-c4nn[nH]n4)c3)c12. The zero-order valence-corrected chi connectivity index (χ0v) is 14.2. The largest absolute Gasteiger partial charge is 0.355 e. The molecule has 0 unspecified atom stereocenters. The molecule has 0 atom stereocenters. The van der Waals surface area contributed by atoms with Gasteiger partial charge in [0.25, 0.3) is 0 Å². The second kappa shape index (κ2) is 5.93. The summed E-state index contributed by atoms with van der Waals surface area (Å²) in [5, 5.41) is 19.6. The van der Waals surface area contributed by atoms with E-state index in [2.05, 4.69) is 52.7 Å². The molecule has 0 aliphatic rings. The van der Waals surface area contributed by atoms with Gasteiger partial charge in [0.15, 0.2) is 5.65 Å². The minimum absolute atomic E-state index is 0.581.